The van der Waals surface area contributed by atoms with Crippen molar-refractivity contribution in [2.75, 3.05) is 4.90 Å². The minimum atomic E-state index is -1.16. The van der Waals surface area contributed by atoms with Gasteiger partial charge in [-0.25, -0.2) is 4.90 Å². The molecule has 0 radical (unpaired) electrons. The first kappa shape index (κ1) is 22.1. The van der Waals surface area contributed by atoms with E-state index in [1.807, 2.05) is 0 Å². The van der Waals surface area contributed by atoms with Gasteiger partial charge in [0, 0.05) is 36.0 Å². The van der Waals surface area contributed by atoms with Crippen molar-refractivity contribution in [2.24, 2.45) is 16.9 Å². The molecule has 3 aliphatic heterocycles. The minimum absolute atomic E-state index is 0.0265. The Morgan fingerprint density at radius 2 is 1.66 bits per heavy atom. The SMILES string of the molecule is Cc1cc([N+](=O)[O-])ccc1N1C(=O)[C@@H]2[C@H](C1=O)[C@@H]1C=CC=NN1[C@@H]2C(=O)c1cccc([N+](=O)[O-])c1. The Balaban J connectivity index is 1.57. The lowest BCUT2D eigenvalue weighted by Gasteiger charge is -2.30. The number of hydrogen-bond donors (Lipinski definition) is 0. The summed E-state index contributed by atoms with van der Waals surface area (Å²) in [6, 6.07) is 7.17. The Labute approximate surface area is 197 Å². The number of imide groups is 1. The zero-order valence-corrected chi connectivity index (χ0v) is 18.2. The molecule has 12 nitrogen and oxygen atoms in total. The van der Waals surface area contributed by atoms with E-state index in [9.17, 15) is 34.6 Å². The molecule has 2 saturated heterocycles. The predicted octanol–water partition coefficient (Wildman–Crippen LogP) is 2.41. The van der Waals surface area contributed by atoms with E-state index in [1.165, 1.54) is 47.6 Å². The Morgan fingerprint density at radius 3 is 2.34 bits per heavy atom. The average Bonchev–Trinajstić information content (AvgIpc) is 3.31. The predicted molar refractivity (Wildman–Crippen MR) is 122 cm³/mol. The highest BCUT2D eigenvalue weighted by atomic mass is 16.6. The van der Waals surface area contributed by atoms with E-state index in [0.717, 1.165) is 11.0 Å². The second kappa shape index (κ2) is 7.94. The lowest BCUT2D eigenvalue weighted by atomic mass is 9.86. The summed E-state index contributed by atoms with van der Waals surface area (Å²) >= 11 is 0. The van der Waals surface area contributed by atoms with E-state index in [2.05, 4.69) is 5.10 Å². The van der Waals surface area contributed by atoms with Crippen LogP contribution < -0.4 is 4.90 Å². The number of allylic oxidation sites excluding steroid dienone is 1. The summed E-state index contributed by atoms with van der Waals surface area (Å²) in [6.07, 6.45) is 4.75. The molecule has 2 aromatic rings. The molecule has 0 unspecified atom stereocenters. The summed E-state index contributed by atoms with van der Waals surface area (Å²) < 4.78 is 0. The standard InChI is InChI=1S/C23H17N5O7/c1-12-10-15(28(34)35)7-8-16(12)25-22(30)18-17-6-3-9-24-26(17)20(19(18)23(25)31)21(29)13-4-2-5-14(11-13)27(32)33/h2-11,17-20H,1H3/t17-,18+,19+,20-/m0/s1. The normalized spacial score (nSPS) is 24.5. The number of amides is 2. The van der Waals surface area contributed by atoms with Gasteiger partial charge >= 0.3 is 0 Å². The van der Waals surface area contributed by atoms with Crippen molar-refractivity contribution in [3.8, 4) is 0 Å². The molecule has 0 saturated carbocycles. The molecule has 35 heavy (non-hydrogen) atoms. The Kier molecular flexibility index (Phi) is 5.01. The second-order valence-corrected chi connectivity index (χ2v) is 8.43. The maximum atomic E-state index is 13.6. The van der Waals surface area contributed by atoms with Crippen LogP contribution in [0.1, 0.15) is 15.9 Å². The number of hydrazone groups is 1. The summed E-state index contributed by atoms with van der Waals surface area (Å²) in [5, 5.41) is 28.0. The molecule has 3 aliphatic rings. The lowest BCUT2D eigenvalue weighted by molar-refractivity contribution is -0.385. The lowest BCUT2D eigenvalue weighted by Crippen LogP contribution is -2.46. The van der Waals surface area contributed by atoms with Crippen LogP contribution in [0.2, 0.25) is 0 Å². The number of ketones is 1. The molecule has 4 atom stereocenters. The van der Waals surface area contributed by atoms with Gasteiger partial charge in [0.05, 0.1) is 33.4 Å². The van der Waals surface area contributed by atoms with Crippen LogP contribution in [0.15, 0.2) is 59.7 Å². The van der Waals surface area contributed by atoms with E-state index in [0.29, 0.717) is 5.56 Å². The summed E-state index contributed by atoms with van der Waals surface area (Å²) in [5.41, 5.74) is 0.132. The highest BCUT2D eigenvalue weighted by Crippen LogP contribution is 2.47. The molecule has 2 aromatic carbocycles. The van der Waals surface area contributed by atoms with Gasteiger partial charge in [-0.15, -0.1) is 0 Å². The first-order valence-electron chi connectivity index (χ1n) is 10.6. The molecule has 0 bridgehead atoms. The van der Waals surface area contributed by atoms with E-state index < -0.39 is 51.4 Å². The molecular formula is C23H17N5O7. The number of non-ortho nitro benzene ring substituents is 2. The highest BCUT2D eigenvalue weighted by molar-refractivity contribution is 6.25. The molecule has 2 amide bonds. The van der Waals surface area contributed by atoms with Crippen LogP contribution in [0.5, 0.6) is 0 Å². The monoisotopic (exact) mass is 475 g/mol. The maximum absolute atomic E-state index is 13.6. The van der Waals surface area contributed by atoms with Crippen molar-refractivity contribution in [3.05, 3.63) is 86.0 Å². The fourth-order valence-electron chi connectivity index (χ4n) is 5.02. The number of aryl methyl sites for hydroxylation is 1. The third-order valence-corrected chi connectivity index (χ3v) is 6.53. The number of carbonyl (C=O) groups excluding carboxylic acids is 3. The van der Waals surface area contributed by atoms with Crippen LogP contribution in [0.4, 0.5) is 17.1 Å². The maximum Gasteiger partial charge on any atom is 0.270 e. The van der Waals surface area contributed by atoms with Gasteiger partial charge in [-0.2, -0.15) is 5.10 Å². The van der Waals surface area contributed by atoms with Crippen molar-refractivity contribution in [3.63, 3.8) is 0 Å². The first-order chi connectivity index (χ1) is 16.7. The number of fused-ring (bicyclic) bond motifs is 3. The minimum Gasteiger partial charge on any atom is -0.292 e. The molecule has 0 spiro atoms. The zero-order valence-electron chi connectivity index (χ0n) is 18.2. The second-order valence-electron chi connectivity index (χ2n) is 8.43. The summed E-state index contributed by atoms with van der Waals surface area (Å²) in [5.74, 6) is -3.74. The number of nitro benzene ring substituents is 2. The van der Waals surface area contributed by atoms with Gasteiger partial charge in [-0.3, -0.25) is 39.6 Å². The van der Waals surface area contributed by atoms with E-state index in [4.69, 9.17) is 0 Å². The fourth-order valence-corrected chi connectivity index (χ4v) is 5.02. The van der Waals surface area contributed by atoms with Gasteiger partial charge in [-0.05, 0) is 24.6 Å². The number of anilines is 1. The third kappa shape index (κ3) is 3.29. The molecule has 12 heteroatoms. The number of rotatable bonds is 5. The fraction of sp³-hybridized carbons (Fsp3) is 0.217. The first-order valence-corrected chi connectivity index (χ1v) is 10.6. The third-order valence-electron chi connectivity index (χ3n) is 6.53. The van der Waals surface area contributed by atoms with Crippen molar-refractivity contribution in [1.82, 2.24) is 5.01 Å². The number of nitrogens with zero attached hydrogens (tertiary/aromatic N) is 5. The average molecular weight is 475 g/mol. The number of hydrogen-bond acceptors (Lipinski definition) is 9. The van der Waals surface area contributed by atoms with Crippen molar-refractivity contribution < 1.29 is 24.2 Å². The largest absolute Gasteiger partial charge is 0.292 e. The molecule has 176 valence electrons. The van der Waals surface area contributed by atoms with Gasteiger partial charge in [-0.1, -0.05) is 18.2 Å². The van der Waals surface area contributed by atoms with Crippen LogP contribution in [0.25, 0.3) is 0 Å². The van der Waals surface area contributed by atoms with Crippen LogP contribution in [0, 0.1) is 39.0 Å². The Bertz CT molecular complexity index is 1380. The molecular weight excluding hydrogens is 458 g/mol. The molecule has 2 fully saturated rings. The van der Waals surface area contributed by atoms with Crippen molar-refractivity contribution in [2.45, 2.75) is 19.0 Å². The van der Waals surface area contributed by atoms with E-state index in [1.54, 1.807) is 19.1 Å². The zero-order chi connectivity index (χ0) is 25.0. The molecule has 5 rings (SSSR count). The van der Waals surface area contributed by atoms with Crippen molar-refractivity contribution in [1.29, 1.82) is 0 Å². The summed E-state index contributed by atoms with van der Waals surface area (Å²) in [6.45, 7) is 1.56. The van der Waals surface area contributed by atoms with E-state index >= 15 is 0 Å². The van der Waals surface area contributed by atoms with Gasteiger partial charge in [0.1, 0.15) is 6.04 Å². The highest BCUT2D eigenvalue weighted by Gasteiger charge is 2.64. The van der Waals surface area contributed by atoms with Gasteiger partial charge in [0.2, 0.25) is 11.8 Å². The van der Waals surface area contributed by atoms with Crippen molar-refractivity contribution >= 4 is 40.9 Å². The van der Waals surface area contributed by atoms with Crippen LogP contribution in [-0.4, -0.2) is 50.8 Å². The summed E-state index contributed by atoms with van der Waals surface area (Å²) in [4.78, 5) is 62.8. The molecule has 0 N–H and O–H groups in total. The Hall–Kier alpha value is -4.74. The molecule has 0 aromatic heterocycles. The summed E-state index contributed by atoms with van der Waals surface area (Å²) in [7, 11) is 0. The Morgan fingerprint density at radius 1 is 0.971 bits per heavy atom. The molecule has 0 aliphatic carbocycles. The van der Waals surface area contributed by atoms with Gasteiger partial charge < -0.3 is 0 Å². The topological polar surface area (TPSA) is 156 Å². The number of nitro groups is 2. The van der Waals surface area contributed by atoms with Crippen LogP contribution in [-0.2, 0) is 9.59 Å². The van der Waals surface area contributed by atoms with Gasteiger partial charge in [0.25, 0.3) is 11.4 Å². The smallest absolute Gasteiger partial charge is 0.270 e. The van der Waals surface area contributed by atoms with Crippen LogP contribution >= 0.6 is 0 Å². The van der Waals surface area contributed by atoms with Crippen LogP contribution in [0.3, 0.4) is 0 Å². The molecule has 3 heterocycles. The number of carbonyl (C=O) groups is 3. The number of benzene rings is 2. The van der Waals surface area contributed by atoms with E-state index in [-0.39, 0.29) is 22.6 Å². The van der Waals surface area contributed by atoms with Gasteiger partial charge in [0.15, 0.2) is 5.78 Å². The quantitative estimate of drug-likeness (QED) is 0.276. The number of Topliss-reactive ketones (excluding diaryl/α,β-unsaturated/α-hetero) is 1.